The third-order valence-electron chi connectivity index (χ3n) is 3.05. The van der Waals surface area contributed by atoms with Gasteiger partial charge in [-0.3, -0.25) is 4.98 Å². The molecule has 0 radical (unpaired) electrons. The van der Waals surface area contributed by atoms with Crippen molar-refractivity contribution in [2.24, 2.45) is 0 Å². The van der Waals surface area contributed by atoms with Crippen molar-refractivity contribution in [2.75, 3.05) is 12.0 Å². The Kier molecular flexibility index (Phi) is 3.48. The van der Waals surface area contributed by atoms with E-state index in [0.717, 1.165) is 27.3 Å². The number of fused-ring (bicyclic) bond motifs is 1. The van der Waals surface area contributed by atoms with Crippen LogP contribution in [0.1, 0.15) is 0 Å². The van der Waals surface area contributed by atoms with Gasteiger partial charge in [-0.15, -0.1) is 11.8 Å². The molecular formula is C16H14N2OS. The van der Waals surface area contributed by atoms with Crippen LogP contribution in [0.15, 0.2) is 59.6 Å². The van der Waals surface area contributed by atoms with E-state index in [-0.39, 0.29) is 0 Å². The van der Waals surface area contributed by atoms with Crippen LogP contribution in [0.5, 0.6) is 11.5 Å². The van der Waals surface area contributed by atoms with Crippen LogP contribution < -0.4 is 10.5 Å². The molecule has 3 rings (SSSR count). The van der Waals surface area contributed by atoms with Crippen LogP contribution in [-0.2, 0) is 0 Å². The fourth-order valence-electron chi connectivity index (χ4n) is 2.08. The van der Waals surface area contributed by atoms with Gasteiger partial charge in [0.25, 0.3) is 0 Å². The van der Waals surface area contributed by atoms with Crippen LogP contribution in [0.3, 0.4) is 0 Å². The summed E-state index contributed by atoms with van der Waals surface area (Å²) in [6.45, 7) is 0. The summed E-state index contributed by atoms with van der Waals surface area (Å²) in [5.41, 5.74) is 7.38. The standard InChI is InChI=1S/C16H14N2OS/c1-20-15-7-3-2-6-14(15)19-13-9-8-12(17)16-11(13)5-4-10-18-16/h2-10H,17H2,1H3. The van der Waals surface area contributed by atoms with Crippen molar-refractivity contribution >= 4 is 28.4 Å². The van der Waals surface area contributed by atoms with Gasteiger partial charge in [0.15, 0.2) is 0 Å². The second-order valence-corrected chi connectivity index (χ2v) is 5.15. The Morgan fingerprint density at radius 1 is 1.00 bits per heavy atom. The van der Waals surface area contributed by atoms with E-state index in [9.17, 15) is 0 Å². The fraction of sp³-hybridized carbons (Fsp3) is 0.0625. The van der Waals surface area contributed by atoms with Gasteiger partial charge in [-0.1, -0.05) is 12.1 Å². The number of nitrogen functional groups attached to an aromatic ring is 1. The highest BCUT2D eigenvalue weighted by Gasteiger charge is 2.09. The number of para-hydroxylation sites is 1. The minimum absolute atomic E-state index is 0.658. The number of benzene rings is 2. The normalized spacial score (nSPS) is 10.7. The molecule has 1 aromatic heterocycles. The summed E-state index contributed by atoms with van der Waals surface area (Å²) >= 11 is 1.66. The van der Waals surface area contributed by atoms with Gasteiger partial charge in [0.2, 0.25) is 0 Å². The molecule has 0 saturated carbocycles. The second kappa shape index (κ2) is 5.43. The zero-order valence-electron chi connectivity index (χ0n) is 11.0. The molecule has 0 bridgehead atoms. The molecule has 0 aliphatic rings. The topological polar surface area (TPSA) is 48.1 Å². The molecule has 0 unspecified atom stereocenters. The van der Waals surface area contributed by atoms with E-state index in [1.165, 1.54) is 0 Å². The zero-order chi connectivity index (χ0) is 13.9. The summed E-state index contributed by atoms with van der Waals surface area (Å²) in [4.78, 5) is 5.41. The van der Waals surface area contributed by atoms with Gasteiger partial charge in [0.1, 0.15) is 11.5 Å². The van der Waals surface area contributed by atoms with E-state index < -0.39 is 0 Å². The van der Waals surface area contributed by atoms with Gasteiger partial charge < -0.3 is 10.5 Å². The summed E-state index contributed by atoms with van der Waals surface area (Å²) in [6.07, 6.45) is 3.77. The van der Waals surface area contributed by atoms with Crippen LogP contribution in [0.4, 0.5) is 5.69 Å². The van der Waals surface area contributed by atoms with Gasteiger partial charge in [-0.05, 0) is 42.7 Å². The van der Waals surface area contributed by atoms with E-state index >= 15 is 0 Å². The molecule has 3 nitrogen and oxygen atoms in total. The molecule has 2 N–H and O–H groups in total. The molecule has 2 aromatic carbocycles. The Bertz CT molecular complexity index is 758. The molecule has 0 aliphatic carbocycles. The lowest BCUT2D eigenvalue weighted by atomic mass is 10.1. The van der Waals surface area contributed by atoms with Gasteiger partial charge in [-0.25, -0.2) is 0 Å². The van der Waals surface area contributed by atoms with Crippen molar-refractivity contribution in [3.05, 3.63) is 54.7 Å². The summed E-state index contributed by atoms with van der Waals surface area (Å²) in [5.74, 6) is 1.61. The van der Waals surface area contributed by atoms with Crippen molar-refractivity contribution in [3.63, 3.8) is 0 Å². The Hall–Kier alpha value is -2.20. The Balaban J connectivity index is 2.09. The summed E-state index contributed by atoms with van der Waals surface area (Å²) < 4.78 is 6.05. The Morgan fingerprint density at radius 2 is 1.85 bits per heavy atom. The number of ether oxygens (including phenoxy) is 1. The van der Waals surface area contributed by atoms with E-state index in [0.29, 0.717) is 5.69 Å². The highest BCUT2D eigenvalue weighted by molar-refractivity contribution is 7.98. The van der Waals surface area contributed by atoms with Gasteiger partial charge in [0, 0.05) is 16.5 Å². The number of pyridine rings is 1. The number of hydrogen-bond acceptors (Lipinski definition) is 4. The highest BCUT2D eigenvalue weighted by Crippen LogP contribution is 2.35. The number of nitrogens with two attached hydrogens (primary N) is 1. The number of nitrogens with zero attached hydrogens (tertiary/aromatic N) is 1. The summed E-state index contributed by atoms with van der Waals surface area (Å²) in [6, 6.07) is 15.5. The SMILES string of the molecule is CSc1ccccc1Oc1ccc(N)c2ncccc12. The average molecular weight is 282 g/mol. The van der Waals surface area contributed by atoms with Gasteiger partial charge >= 0.3 is 0 Å². The van der Waals surface area contributed by atoms with Crippen LogP contribution in [-0.4, -0.2) is 11.2 Å². The number of hydrogen-bond donors (Lipinski definition) is 1. The minimum Gasteiger partial charge on any atom is -0.455 e. The van der Waals surface area contributed by atoms with Crippen LogP contribution in [0.25, 0.3) is 10.9 Å². The van der Waals surface area contributed by atoms with E-state index in [4.69, 9.17) is 10.5 Å². The zero-order valence-corrected chi connectivity index (χ0v) is 11.9. The molecule has 0 spiro atoms. The van der Waals surface area contributed by atoms with Crippen molar-refractivity contribution in [1.82, 2.24) is 4.98 Å². The maximum Gasteiger partial charge on any atom is 0.140 e. The first kappa shape index (κ1) is 12.8. The third kappa shape index (κ3) is 2.30. The average Bonchev–Trinajstić information content (AvgIpc) is 2.51. The molecule has 3 aromatic rings. The molecule has 20 heavy (non-hydrogen) atoms. The molecule has 0 aliphatic heterocycles. The Morgan fingerprint density at radius 3 is 2.70 bits per heavy atom. The lowest BCUT2D eigenvalue weighted by Crippen LogP contribution is -1.93. The number of aromatic nitrogens is 1. The van der Waals surface area contributed by atoms with E-state index in [1.54, 1.807) is 18.0 Å². The third-order valence-corrected chi connectivity index (χ3v) is 3.83. The fourth-order valence-corrected chi connectivity index (χ4v) is 2.60. The van der Waals surface area contributed by atoms with E-state index in [2.05, 4.69) is 4.98 Å². The lowest BCUT2D eigenvalue weighted by molar-refractivity contribution is 0.476. The molecule has 0 fully saturated rings. The smallest absolute Gasteiger partial charge is 0.140 e. The van der Waals surface area contributed by atoms with Crippen molar-refractivity contribution in [3.8, 4) is 11.5 Å². The van der Waals surface area contributed by atoms with Crippen molar-refractivity contribution < 1.29 is 4.74 Å². The minimum atomic E-state index is 0.658. The Labute approximate surface area is 121 Å². The van der Waals surface area contributed by atoms with E-state index in [1.807, 2.05) is 54.8 Å². The first-order valence-corrected chi connectivity index (χ1v) is 7.46. The molecule has 0 amide bonds. The first-order valence-electron chi connectivity index (χ1n) is 6.23. The molecular weight excluding hydrogens is 268 g/mol. The number of rotatable bonds is 3. The predicted molar refractivity (Wildman–Crippen MR) is 84.5 cm³/mol. The van der Waals surface area contributed by atoms with Gasteiger partial charge in [0.05, 0.1) is 11.2 Å². The number of anilines is 1. The van der Waals surface area contributed by atoms with Crippen LogP contribution >= 0.6 is 11.8 Å². The van der Waals surface area contributed by atoms with Crippen molar-refractivity contribution in [2.45, 2.75) is 4.90 Å². The molecule has 1 heterocycles. The maximum atomic E-state index is 6.05. The quantitative estimate of drug-likeness (QED) is 0.573. The van der Waals surface area contributed by atoms with Crippen LogP contribution in [0.2, 0.25) is 0 Å². The monoisotopic (exact) mass is 282 g/mol. The van der Waals surface area contributed by atoms with Crippen molar-refractivity contribution in [1.29, 1.82) is 0 Å². The predicted octanol–water partition coefficient (Wildman–Crippen LogP) is 4.33. The van der Waals surface area contributed by atoms with Crippen LogP contribution in [0, 0.1) is 0 Å². The first-order chi connectivity index (χ1) is 9.79. The highest BCUT2D eigenvalue weighted by atomic mass is 32.2. The summed E-state index contributed by atoms with van der Waals surface area (Å²) in [7, 11) is 0. The van der Waals surface area contributed by atoms with Gasteiger partial charge in [-0.2, -0.15) is 0 Å². The molecule has 100 valence electrons. The molecule has 0 atom stereocenters. The number of thioether (sulfide) groups is 1. The second-order valence-electron chi connectivity index (χ2n) is 4.31. The summed E-state index contributed by atoms with van der Waals surface area (Å²) in [5, 5.41) is 0.920. The molecule has 0 saturated heterocycles. The molecule has 4 heteroatoms. The largest absolute Gasteiger partial charge is 0.455 e. The maximum absolute atomic E-state index is 6.05. The lowest BCUT2D eigenvalue weighted by Gasteiger charge is -2.12.